The van der Waals surface area contributed by atoms with Crippen molar-refractivity contribution in [3.63, 3.8) is 0 Å². The molecule has 18 heavy (non-hydrogen) atoms. The van der Waals surface area contributed by atoms with E-state index in [2.05, 4.69) is 25.3 Å². The van der Waals surface area contributed by atoms with E-state index < -0.39 is 0 Å². The zero-order chi connectivity index (χ0) is 12.4. The van der Waals surface area contributed by atoms with Crippen LogP contribution in [0.4, 0.5) is 0 Å². The zero-order valence-electron chi connectivity index (χ0n) is 9.76. The Bertz CT molecular complexity index is 591. The van der Waals surface area contributed by atoms with Crippen LogP contribution in [0.5, 0.6) is 0 Å². The third-order valence-corrected chi connectivity index (χ3v) is 2.77. The van der Waals surface area contributed by atoms with E-state index in [4.69, 9.17) is 0 Å². The quantitative estimate of drug-likeness (QED) is 0.816. The topological polar surface area (TPSA) is 83.6 Å². The minimum absolute atomic E-state index is 0.161. The van der Waals surface area contributed by atoms with Gasteiger partial charge < -0.3 is 10.3 Å². The van der Waals surface area contributed by atoms with Crippen LogP contribution in [0.2, 0.25) is 0 Å². The van der Waals surface area contributed by atoms with Gasteiger partial charge in [-0.25, -0.2) is 15.0 Å². The van der Waals surface area contributed by atoms with Crippen LogP contribution in [0.15, 0.2) is 29.5 Å². The van der Waals surface area contributed by atoms with E-state index >= 15 is 0 Å². The summed E-state index contributed by atoms with van der Waals surface area (Å²) >= 11 is 0. The van der Waals surface area contributed by atoms with Crippen LogP contribution in [0, 0.1) is 0 Å². The Morgan fingerprint density at radius 3 is 3.06 bits per heavy atom. The predicted octanol–water partition coefficient (Wildman–Crippen LogP) is 0.479. The third kappa shape index (κ3) is 2.60. The Kier molecular flexibility index (Phi) is 2.85. The largest absolute Gasteiger partial charge is 0.308 e. The number of hydrogen-bond acceptors (Lipinski definition) is 5. The summed E-state index contributed by atoms with van der Waals surface area (Å²) in [5.74, 6) is 0.484. The fourth-order valence-corrected chi connectivity index (χ4v) is 1.69. The molecule has 2 aromatic heterocycles. The highest BCUT2D eigenvalue weighted by Gasteiger charge is 2.20. The highest BCUT2D eigenvalue weighted by atomic mass is 16.1. The maximum Gasteiger partial charge on any atom is 0.251 e. The van der Waals surface area contributed by atoms with Gasteiger partial charge in [-0.05, 0) is 18.9 Å². The van der Waals surface area contributed by atoms with Gasteiger partial charge in [0, 0.05) is 24.8 Å². The second kappa shape index (κ2) is 4.66. The molecule has 1 fully saturated rings. The molecule has 0 aromatic carbocycles. The molecule has 3 rings (SSSR count). The molecule has 2 aromatic rings. The average Bonchev–Trinajstić information content (AvgIpc) is 3.21. The molecule has 0 spiro atoms. The van der Waals surface area contributed by atoms with Gasteiger partial charge >= 0.3 is 0 Å². The van der Waals surface area contributed by atoms with Crippen LogP contribution >= 0.6 is 0 Å². The standard InChI is InChI=1S/C12H13N5O/c18-11-5-9(6-14-8-1-2-8)16-12(17-11)10-3-4-13-7-15-10/h3-5,7-8,14H,1-2,6H2,(H,16,17,18). The number of nitrogens with zero attached hydrogens (tertiary/aromatic N) is 3. The van der Waals surface area contributed by atoms with E-state index in [0.717, 1.165) is 5.69 Å². The fourth-order valence-electron chi connectivity index (χ4n) is 1.69. The lowest BCUT2D eigenvalue weighted by Gasteiger charge is -2.04. The van der Waals surface area contributed by atoms with Crippen LogP contribution in [0.1, 0.15) is 18.5 Å². The van der Waals surface area contributed by atoms with Crippen LogP contribution in [0.25, 0.3) is 11.5 Å². The first-order valence-electron chi connectivity index (χ1n) is 5.91. The number of hydrogen-bond donors (Lipinski definition) is 2. The van der Waals surface area contributed by atoms with Gasteiger partial charge in [-0.1, -0.05) is 0 Å². The van der Waals surface area contributed by atoms with Gasteiger partial charge in [0.15, 0.2) is 5.82 Å². The van der Waals surface area contributed by atoms with Crippen molar-refractivity contribution in [3.8, 4) is 11.5 Å². The molecule has 0 amide bonds. The summed E-state index contributed by atoms with van der Waals surface area (Å²) in [6.07, 6.45) is 5.48. The molecule has 0 atom stereocenters. The van der Waals surface area contributed by atoms with Gasteiger partial charge in [-0.2, -0.15) is 0 Å². The highest BCUT2D eigenvalue weighted by molar-refractivity contribution is 5.47. The summed E-state index contributed by atoms with van der Waals surface area (Å²) in [4.78, 5) is 26.6. The smallest absolute Gasteiger partial charge is 0.251 e. The summed E-state index contributed by atoms with van der Waals surface area (Å²) < 4.78 is 0. The molecule has 6 nitrogen and oxygen atoms in total. The molecule has 1 aliphatic carbocycles. The molecule has 0 unspecified atom stereocenters. The number of rotatable bonds is 4. The molecule has 0 saturated heterocycles. The van der Waals surface area contributed by atoms with Gasteiger partial charge in [0.2, 0.25) is 0 Å². The predicted molar refractivity (Wildman–Crippen MR) is 65.7 cm³/mol. The molecule has 6 heteroatoms. The van der Waals surface area contributed by atoms with Gasteiger partial charge in [0.1, 0.15) is 12.0 Å². The third-order valence-electron chi connectivity index (χ3n) is 2.77. The highest BCUT2D eigenvalue weighted by Crippen LogP contribution is 2.19. The molecule has 0 bridgehead atoms. The van der Waals surface area contributed by atoms with Gasteiger partial charge in [-0.15, -0.1) is 0 Å². The first-order chi connectivity index (χ1) is 8.81. The average molecular weight is 243 g/mol. The number of aromatic amines is 1. The van der Waals surface area contributed by atoms with Crippen molar-refractivity contribution in [2.45, 2.75) is 25.4 Å². The van der Waals surface area contributed by atoms with Crippen LogP contribution < -0.4 is 10.9 Å². The SMILES string of the molecule is O=c1cc(CNC2CC2)nc(-c2ccncn2)[nH]1. The van der Waals surface area contributed by atoms with Crippen molar-refractivity contribution in [2.24, 2.45) is 0 Å². The lowest BCUT2D eigenvalue weighted by atomic mass is 10.3. The Hall–Kier alpha value is -2.08. The van der Waals surface area contributed by atoms with Crippen molar-refractivity contribution in [2.75, 3.05) is 0 Å². The van der Waals surface area contributed by atoms with Crippen molar-refractivity contribution < 1.29 is 0 Å². The summed E-state index contributed by atoms with van der Waals surface area (Å²) in [7, 11) is 0. The fraction of sp³-hybridized carbons (Fsp3) is 0.333. The van der Waals surface area contributed by atoms with Crippen LogP contribution in [-0.2, 0) is 6.54 Å². The lowest BCUT2D eigenvalue weighted by Crippen LogP contribution is -2.19. The maximum atomic E-state index is 11.6. The van der Waals surface area contributed by atoms with Crippen molar-refractivity contribution in [1.29, 1.82) is 0 Å². The monoisotopic (exact) mass is 243 g/mol. The Morgan fingerprint density at radius 1 is 1.44 bits per heavy atom. The lowest BCUT2D eigenvalue weighted by molar-refractivity contribution is 0.672. The molecule has 1 aliphatic rings. The molecule has 0 aliphatic heterocycles. The van der Waals surface area contributed by atoms with Gasteiger partial charge in [0.25, 0.3) is 5.56 Å². The molecular weight excluding hydrogens is 230 g/mol. The Labute approximate surface area is 104 Å². The number of H-pyrrole nitrogens is 1. The Morgan fingerprint density at radius 2 is 2.33 bits per heavy atom. The number of aromatic nitrogens is 4. The molecular formula is C12H13N5O. The minimum Gasteiger partial charge on any atom is -0.308 e. The zero-order valence-corrected chi connectivity index (χ0v) is 9.76. The van der Waals surface area contributed by atoms with E-state index in [1.54, 1.807) is 12.3 Å². The first-order valence-corrected chi connectivity index (χ1v) is 5.91. The van der Waals surface area contributed by atoms with Crippen molar-refractivity contribution in [1.82, 2.24) is 25.3 Å². The second-order valence-corrected chi connectivity index (χ2v) is 4.34. The van der Waals surface area contributed by atoms with Crippen molar-refractivity contribution in [3.05, 3.63) is 40.7 Å². The summed E-state index contributed by atoms with van der Waals surface area (Å²) in [5, 5.41) is 3.33. The number of nitrogens with one attached hydrogen (secondary N) is 2. The van der Waals surface area contributed by atoms with Crippen LogP contribution in [0.3, 0.4) is 0 Å². The van der Waals surface area contributed by atoms with Gasteiger partial charge in [-0.3, -0.25) is 4.79 Å². The summed E-state index contributed by atoms with van der Waals surface area (Å²) in [5.41, 5.74) is 1.20. The molecule has 2 heterocycles. The van der Waals surface area contributed by atoms with E-state index in [0.29, 0.717) is 24.1 Å². The minimum atomic E-state index is -0.161. The van der Waals surface area contributed by atoms with Gasteiger partial charge in [0.05, 0.1) is 5.69 Å². The normalized spacial score (nSPS) is 14.7. The summed E-state index contributed by atoms with van der Waals surface area (Å²) in [6.45, 7) is 0.618. The molecule has 92 valence electrons. The molecule has 2 N–H and O–H groups in total. The summed E-state index contributed by atoms with van der Waals surface area (Å²) in [6, 6.07) is 3.82. The molecule has 0 radical (unpaired) electrons. The molecule has 1 saturated carbocycles. The maximum absolute atomic E-state index is 11.6. The van der Waals surface area contributed by atoms with E-state index in [9.17, 15) is 4.79 Å². The van der Waals surface area contributed by atoms with Crippen LogP contribution in [-0.4, -0.2) is 26.0 Å². The van der Waals surface area contributed by atoms with E-state index in [1.165, 1.54) is 25.2 Å². The second-order valence-electron chi connectivity index (χ2n) is 4.34. The van der Waals surface area contributed by atoms with Crippen molar-refractivity contribution >= 4 is 0 Å². The Balaban J connectivity index is 1.87. The first kappa shape index (κ1) is 11.0. The van der Waals surface area contributed by atoms with E-state index in [-0.39, 0.29) is 5.56 Å². The van der Waals surface area contributed by atoms with E-state index in [1.807, 2.05) is 0 Å².